The van der Waals surface area contributed by atoms with Crippen LogP contribution in [0.4, 0.5) is 0 Å². The van der Waals surface area contributed by atoms with Crippen LogP contribution < -0.4 is 0 Å². The maximum Gasteiger partial charge on any atom is 0.143 e. The van der Waals surface area contributed by atoms with Gasteiger partial charge in [-0.1, -0.05) is 62.4 Å². The van der Waals surface area contributed by atoms with Crippen molar-refractivity contribution in [3.05, 3.63) is 65.3 Å². The van der Waals surface area contributed by atoms with E-state index in [0.29, 0.717) is 5.92 Å². The first-order valence-corrected chi connectivity index (χ1v) is 6.94. The third-order valence-electron chi connectivity index (χ3n) is 3.49. The molecule has 0 fully saturated rings. The minimum atomic E-state index is 0.531. The van der Waals surface area contributed by atoms with Crippen molar-refractivity contribution in [3.8, 4) is 11.1 Å². The van der Waals surface area contributed by atoms with Gasteiger partial charge in [-0.2, -0.15) is 0 Å². The fourth-order valence-corrected chi connectivity index (χ4v) is 2.20. The van der Waals surface area contributed by atoms with E-state index in [1.165, 1.54) is 22.3 Å². The SMILES string of the molecule is CC(/C=C/c1ccc2ccc(C(C)C)ccc1-2)=C\C=O. The summed E-state index contributed by atoms with van der Waals surface area (Å²) in [6, 6.07) is 13.0. The Balaban J connectivity index is 2.38. The fraction of sp³-hybridized carbons (Fsp3) is 0.211. The van der Waals surface area contributed by atoms with Crippen molar-refractivity contribution >= 4 is 12.4 Å². The Bertz CT molecular complexity index is 632. The molecular formula is C19H20O. The molecule has 1 nitrogen and oxygen atoms in total. The number of hydrogen-bond donors (Lipinski definition) is 0. The molecule has 0 aromatic rings. The number of fused-ring (bicyclic) bond motifs is 1. The molecule has 0 bridgehead atoms. The smallest absolute Gasteiger partial charge is 0.143 e. The van der Waals surface area contributed by atoms with Crippen LogP contribution in [0.25, 0.3) is 17.2 Å². The second kappa shape index (κ2) is 6.33. The van der Waals surface area contributed by atoms with Crippen LogP contribution in [0.3, 0.4) is 0 Å². The van der Waals surface area contributed by atoms with E-state index >= 15 is 0 Å². The van der Waals surface area contributed by atoms with Crippen LogP contribution in [0.2, 0.25) is 0 Å². The summed E-state index contributed by atoms with van der Waals surface area (Å²) in [5, 5.41) is 0. The zero-order chi connectivity index (χ0) is 14.5. The molecular weight excluding hydrogens is 244 g/mol. The lowest BCUT2D eigenvalue weighted by Gasteiger charge is -1.99. The first-order chi connectivity index (χ1) is 9.61. The Morgan fingerprint density at radius 3 is 2.45 bits per heavy atom. The molecule has 0 atom stereocenters. The zero-order valence-electron chi connectivity index (χ0n) is 12.3. The van der Waals surface area contributed by atoms with Gasteiger partial charge in [-0.15, -0.1) is 0 Å². The molecule has 0 heterocycles. The Labute approximate surface area is 121 Å². The lowest BCUT2D eigenvalue weighted by atomic mass is 10.1. The molecule has 2 aliphatic rings. The van der Waals surface area contributed by atoms with Crippen molar-refractivity contribution in [1.82, 2.24) is 0 Å². The second-order valence-electron chi connectivity index (χ2n) is 5.36. The highest BCUT2D eigenvalue weighted by molar-refractivity contribution is 5.79. The van der Waals surface area contributed by atoms with Crippen LogP contribution in [-0.4, -0.2) is 6.29 Å². The van der Waals surface area contributed by atoms with E-state index in [1.807, 2.05) is 13.0 Å². The van der Waals surface area contributed by atoms with Crippen molar-refractivity contribution in [2.45, 2.75) is 26.7 Å². The summed E-state index contributed by atoms with van der Waals surface area (Å²) in [7, 11) is 0. The van der Waals surface area contributed by atoms with Crippen LogP contribution >= 0.6 is 0 Å². The van der Waals surface area contributed by atoms with Crippen LogP contribution in [0.5, 0.6) is 0 Å². The molecule has 102 valence electrons. The van der Waals surface area contributed by atoms with Crippen LogP contribution in [0.1, 0.15) is 37.8 Å². The number of aldehydes is 1. The zero-order valence-corrected chi connectivity index (χ0v) is 12.3. The van der Waals surface area contributed by atoms with Crippen molar-refractivity contribution in [1.29, 1.82) is 0 Å². The molecule has 2 rings (SSSR count). The Hall–Kier alpha value is -2.15. The first kappa shape index (κ1) is 14.3. The lowest BCUT2D eigenvalue weighted by Crippen LogP contribution is -1.81. The van der Waals surface area contributed by atoms with Crippen molar-refractivity contribution < 1.29 is 4.79 Å². The molecule has 0 saturated heterocycles. The van der Waals surface area contributed by atoms with Gasteiger partial charge in [-0.25, -0.2) is 0 Å². The van der Waals surface area contributed by atoms with Crippen LogP contribution in [-0.2, 0) is 4.79 Å². The standard InChI is InChI=1S/C19H20O/c1-14(2)16-6-7-18-9-8-17(19(18)11-10-16)5-4-15(3)12-13-20/h4-14H,1-3H3/b5-4+,15-12+. The number of rotatable bonds is 4. The summed E-state index contributed by atoms with van der Waals surface area (Å²) in [5.74, 6) is 0.531. The van der Waals surface area contributed by atoms with E-state index < -0.39 is 0 Å². The summed E-state index contributed by atoms with van der Waals surface area (Å²) in [6.45, 7) is 6.33. The van der Waals surface area contributed by atoms with E-state index in [2.05, 4.69) is 56.3 Å². The molecule has 0 amide bonds. The van der Waals surface area contributed by atoms with E-state index in [0.717, 1.165) is 11.9 Å². The van der Waals surface area contributed by atoms with Gasteiger partial charge in [0.1, 0.15) is 6.29 Å². The monoisotopic (exact) mass is 264 g/mol. The van der Waals surface area contributed by atoms with Crippen molar-refractivity contribution in [2.24, 2.45) is 0 Å². The van der Waals surface area contributed by atoms with Gasteiger partial charge in [0.25, 0.3) is 0 Å². The molecule has 0 aromatic heterocycles. The normalized spacial score (nSPS) is 12.5. The van der Waals surface area contributed by atoms with Gasteiger partial charge in [0.05, 0.1) is 0 Å². The van der Waals surface area contributed by atoms with E-state index in [-0.39, 0.29) is 0 Å². The predicted octanol–water partition coefficient (Wildman–Crippen LogP) is 5.07. The molecule has 1 heteroatoms. The average Bonchev–Trinajstić information content (AvgIpc) is 2.66. The maximum atomic E-state index is 10.4. The fourth-order valence-electron chi connectivity index (χ4n) is 2.20. The second-order valence-corrected chi connectivity index (χ2v) is 5.36. The van der Waals surface area contributed by atoms with Gasteiger partial charge in [-0.05, 0) is 46.7 Å². The van der Waals surface area contributed by atoms with Gasteiger partial charge in [0, 0.05) is 0 Å². The molecule has 20 heavy (non-hydrogen) atoms. The minimum Gasteiger partial charge on any atom is -0.299 e. The van der Waals surface area contributed by atoms with Crippen molar-refractivity contribution in [3.63, 3.8) is 0 Å². The van der Waals surface area contributed by atoms with Gasteiger partial charge in [0.15, 0.2) is 0 Å². The van der Waals surface area contributed by atoms with E-state index in [1.54, 1.807) is 6.08 Å². The summed E-state index contributed by atoms with van der Waals surface area (Å²) < 4.78 is 0. The average molecular weight is 264 g/mol. The quantitative estimate of drug-likeness (QED) is 0.428. The highest BCUT2D eigenvalue weighted by atomic mass is 16.1. The van der Waals surface area contributed by atoms with Gasteiger partial charge < -0.3 is 0 Å². The highest BCUT2D eigenvalue weighted by Gasteiger charge is 2.06. The number of allylic oxidation sites excluding steroid dienone is 3. The molecule has 0 spiro atoms. The van der Waals surface area contributed by atoms with E-state index in [9.17, 15) is 4.79 Å². The van der Waals surface area contributed by atoms with Crippen molar-refractivity contribution in [2.75, 3.05) is 0 Å². The Morgan fingerprint density at radius 1 is 1.05 bits per heavy atom. The van der Waals surface area contributed by atoms with Crippen LogP contribution in [0.15, 0.2) is 54.1 Å². The summed E-state index contributed by atoms with van der Waals surface area (Å²) >= 11 is 0. The topological polar surface area (TPSA) is 17.1 Å². The Morgan fingerprint density at radius 2 is 1.75 bits per heavy atom. The highest BCUT2D eigenvalue weighted by Crippen LogP contribution is 2.29. The third-order valence-corrected chi connectivity index (χ3v) is 3.49. The van der Waals surface area contributed by atoms with Gasteiger partial charge >= 0.3 is 0 Å². The molecule has 0 saturated carbocycles. The Kier molecular flexibility index (Phi) is 4.52. The summed E-state index contributed by atoms with van der Waals surface area (Å²) in [6.07, 6.45) is 6.42. The molecule has 0 N–H and O–H groups in total. The largest absolute Gasteiger partial charge is 0.299 e. The maximum absolute atomic E-state index is 10.4. The predicted molar refractivity (Wildman–Crippen MR) is 86.0 cm³/mol. The van der Waals surface area contributed by atoms with Crippen LogP contribution in [0, 0.1) is 0 Å². The number of carbonyl (C=O) groups is 1. The van der Waals surface area contributed by atoms with E-state index in [4.69, 9.17) is 0 Å². The van der Waals surface area contributed by atoms with Gasteiger partial charge in [0.2, 0.25) is 0 Å². The lowest BCUT2D eigenvalue weighted by molar-refractivity contribution is -0.104. The minimum absolute atomic E-state index is 0.531. The summed E-state index contributed by atoms with van der Waals surface area (Å²) in [5.41, 5.74) is 5.97. The van der Waals surface area contributed by atoms with Gasteiger partial charge in [-0.3, -0.25) is 4.79 Å². The molecule has 0 aliphatic heterocycles. The number of hydrogen-bond acceptors (Lipinski definition) is 1. The molecule has 2 aliphatic carbocycles. The molecule has 0 aromatic carbocycles. The molecule has 0 radical (unpaired) electrons. The first-order valence-electron chi connectivity index (χ1n) is 6.94. The third kappa shape index (κ3) is 3.24. The number of carbonyl (C=O) groups excluding carboxylic acids is 1. The summed E-state index contributed by atoms with van der Waals surface area (Å²) in [4.78, 5) is 10.4. The molecule has 0 unspecified atom stereocenters.